The van der Waals surface area contributed by atoms with E-state index in [2.05, 4.69) is 10.6 Å². The third-order valence-electron chi connectivity index (χ3n) is 4.42. The van der Waals surface area contributed by atoms with Crippen LogP contribution in [0.5, 0.6) is 5.75 Å². The van der Waals surface area contributed by atoms with Crippen LogP contribution in [0.1, 0.15) is 12.8 Å². The van der Waals surface area contributed by atoms with Crippen molar-refractivity contribution in [2.45, 2.75) is 18.9 Å². The fraction of sp³-hybridized carbons (Fsp3) is 0.500. The van der Waals surface area contributed by atoms with Gasteiger partial charge < -0.3 is 25.2 Å². The van der Waals surface area contributed by atoms with Crippen LogP contribution in [0.15, 0.2) is 24.3 Å². The molecule has 4 amide bonds. The lowest BCUT2D eigenvalue weighted by molar-refractivity contribution is 0.147. The fourth-order valence-corrected chi connectivity index (χ4v) is 3.09. The van der Waals surface area contributed by atoms with Crippen molar-refractivity contribution >= 4 is 17.7 Å². The third kappa shape index (κ3) is 3.49. The Morgan fingerprint density at radius 3 is 2.48 bits per heavy atom. The molecular formula is C16H22N4O3. The number of rotatable bonds is 3. The van der Waals surface area contributed by atoms with Gasteiger partial charge in [0.25, 0.3) is 0 Å². The molecule has 0 radical (unpaired) electrons. The van der Waals surface area contributed by atoms with Crippen molar-refractivity contribution in [3.8, 4) is 5.75 Å². The largest absolute Gasteiger partial charge is 0.497 e. The highest BCUT2D eigenvalue weighted by atomic mass is 16.5. The topological polar surface area (TPSA) is 73.9 Å². The van der Waals surface area contributed by atoms with Crippen LogP contribution in [0.3, 0.4) is 0 Å². The summed E-state index contributed by atoms with van der Waals surface area (Å²) in [6, 6.07) is 7.42. The van der Waals surface area contributed by atoms with E-state index in [0.717, 1.165) is 37.4 Å². The Kier molecular flexibility index (Phi) is 4.55. The third-order valence-corrected chi connectivity index (χ3v) is 4.42. The van der Waals surface area contributed by atoms with E-state index in [-0.39, 0.29) is 18.1 Å². The summed E-state index contributed by atoms with van der Waals surface area (Å²) in [6.07, 6.45) is 1.65. The van der Waals surface area contributed by atoms with Gasteiger partial charge in [0.05, 0.1) is 7.11 Å². The molecule has 0 aromatic heterocycles. The van der Waals surface area contributed by atoms with Crippen LogP contribution in [0.4, 0.5) is 15.3 Å². The number of hydrogen-bond acceptors (Lipinski definition) is 3. The molecule has 0 unspecified atom stereocenters. The molecule has 2 aliphatic heterocycles. The van der Waals surface area contributed by atoms with E-state index in [0.29, 0.717) is 13.1 Å². The van der Waals surface area contributed by atoms with Crippen molar-refractivity contribution in [3.05, 3.63) is 24.3 Å². The van der Waals surface area contributed by atoms with Gasteiger partial charge in [-0.3, -0.25) is 0 Å². The van der Waals surface area contributed by atoms with Gasteiger partial charge in [-0.25, -0.2) is 9.59 Å². The number of benzene rings is 1. The Bertz CT molecular complexity index is 567. The van der Waals surface area contributed by atoms with Crippen LogP contribution < -0.4 is 15.4 Å². The second-order valence-corrected chi connectivity index (χ2v) is 5.80. The van der Waals surface area contributed by atoms with Gasteiger partial charge in [0.1, 0.15) is 5.75 Å². The van der Waals surface area contributed by atoms with Crippen LogP contribution in [-0.4, -0.2) is 61.2 Å². The van der Waals surface area contributed by atoms with Crippen molar-refractivity contribution in [1.29, 1.82) is 0 Å². The Morgan fingerprint density at radius 2 is 1.91 bits per heavy atom. The molecule has 7 heteroatoms. The Hall–Kier alpha value is -2.44. The summed E-state index contributed by atoms with van der Waals surface area (Å²) in [4.78, 5) is 27.7. The quantitative estimate of drug-likeness (QED) is 0.891. The average molecular weight is 318 g/mol. The summed E-state index contributed by atoms with van der Waals surface area (Å²) >= 11 is 0. The highest BCUT2D eigenvalue weighted by Crippen LogP contribution is 2.20. The summed E-state index contributed by atoms with van der Waals surface area (Å²) in [5.41, 5.74) is 0.747. The lowest BCUT2D eigenvalue weighted by Crippen LogP contribution is -2.48. The summed E-state index contributed by atoms with van der Waals surface area (Å²) < 4.78 is 5.10. The number of likely N-dealkylation sites (tertiary alicyclic amines) is 1. The molecule has 2 N–H and O–H groups in total. The molecule has 2 fully saturated rings. The lowest BCUT2D eigenvalue weighted by Gasteiger charge is -2.36. The highest BCUT2D eigenvalue weighted by Gasteiger charge is 2.31. The van der Waals surface area contributed by atoms with E-state index in [1.54, 1.807) is 12.0 Å². The second-order valence-electron chi connectivity index (χ2n) is 5.80. The second kappa shape index (κ2) is 6.76. The Morgan fingerprint density at radius 1 is 1.22 bits per heavy atom. The molecule has 23 heavy (non-hydrogen) atoms. The predicted octanol–water partition coefficient (Wildman–Crippen LogP) is 1.72. The number of nitrogens with zero attached hydrogens (tertiary/aromatic N) is 2. The number of carbonyl (C=O) groups excluding carboxylic acids is 2. The minimum atomic E-state index is -0.0977. The van der Waals surface area contributed by atoms with Crippen LogP contribution in [0.2, 0.25) is 0 Å². The van der Waals surface area contributed by atoms with Gasteiger partial charge in [-0.2, -0.15) is 0 Å². The van der Waals surface area contributed by atoms with Gasteiger partial charge in [-0.15, -0.1) is 0 Å². The smallest absolute Gasteiger partial charge is 0.321 e. The van der Waals surface area contributed by atoms with Crippen molar-refractivity contribution in [1.82, 2.24) is 15.1 Å². The Balaban J connectivity index is 1.50. The zero-order valence-corrected chi connectivity index (χ0v) is 13.2. The molecule has 2 heterocycles. The predicted molar refractivity (Wildman–Crippen MR) is 86.7 cm³/mol. The van der Waals surface area contributed by atoms with Gasteiger partial charge in [0.2, 0.25) is 0 Å². The average Bonchev–Trinajstić information content (AvgIpc) is 3.02. The standard InChI is InChI=1S/C16H22N4O3/c1-23-14-4-2-12(3-5-14)18-16(22)19-9-6-13(7-10-19)20-11-8-17-15(20)21/h2-5,13H,6-11H2,1H3,(H,17,21)(H,18,22). The fourth-order valence-electron chi connectivity index (χ4n) is 3.09. The molecule has 0 aliphatic carbocycles. The molecule has 7 nitrogen and oxygen atoms in total. The highest BCUT2D eigenvalue weighted by molar-refractivity contribution is 5.89. The van der Waals surface area contributed by atoms with Crippen molar-refractivity contribution in [2.24, 2.45) is 0 Å². The van der Waals surface area contributed by atoms with Crippen LogP contribution in [0, 0.1) is 0 Å². The summed E-state index contributed by atoms with van der Waals surface area (Å²) in [6.45, 7) is 2.81. The number of amides is 4. The van der Waals surface area contributed by atoms with Gasteiger partial charge in [0.15, 0.2) is 0 Å². The van der Waals surface area contributed by atoms with Crippen molar-refractivity contribution in [2.75, 3.05) is 38.6 Å². The maximum Gasteiger partial charge on any atom is 0.321 e. The van der Waals surface area contributed by atoms with Gasteiger partial charge >= 0.3 is 12.1 Å². The van der Waals surface area contributed by atoms with Crippen LogP contribution in [-0.2, 0) is 0 Å². The van der Waals surface area contributed by atoms with E-state index < -0.39 is 0 Å². The first-order valence-electron chi connectivity index (χ1n) is 7.92. The van der Waals surface area contributed by atoms with Crippen LogP contribution in [0.25, 0.3) is 0 Å². The zero-order valence-electron chi connectivity index (χ0n) is 13.2. The number of nitrogens with one attached hydrogen (secondary N) is 2. The molecule has 1 aromatic carbocycles. The van der Waals surface area contributed by atoms with Gasteiger partial charge in [0, 0.05) is 37.9 Å². The summed E-state index contributed by atoms with van der Waals surface area (Å²) in [7, 11) is 1.61. The monoisotopic (exact) mass is 318 g/mol. The number of methoxy groups -OCH3 is 1. The SMILES string of the molecule is COc1ccc(NC(=O)N2CCC(N3CCNC3=O)CC2)cc1. The minimum absolute atomic E-state index is 0.0196. The van der Waals surface area contributed by atoms with E-state index in [1.165, 1.54) is 0 Å². The maximum absolute atomic E-state index is 12.3. The van der Waals surface area contributed by atoms with E-state index in [4.69, 9.17) is 4.74 Å². The molecule has 1 aromatic rings. The molecule has 0 bridgehead atoms. The number of urea groups is 2. The lowest BCUT2D eigenvalue weighted by atomic mass is 10.0. The normalized spacial score (nSPS) is 18.7. The first-order chi connectivity index (χ1) is 11.2. The molecule has 0 saturated carbocycles. The first kappa shape index (κ1) is 15.5. The van der Waals surface area contributed by atoms with Gasteiger partial charge in [-0.05, 0) is 37.1 Å². The molecule has 0 spiro atoms. The molecule has 3 rings (SSSR count). The number of anilines is 1. The molecule has 0 atom stereocenters. The number of ether oxygens (including phenoxy) is 1. The van der Waals surface area contributed by atoms with E-state index in [9.17, 15) is 9.59 Å². The minimum Gasteiger partial charge on any atom is -0.497 e. The maximum atomic E-state index is 12.3. The summed E-state index contributed by atoms with van der Waals surface area (Å²) in [5, 5.41) is 5.72. The molecule has 2 aliphatic rings. The number of carbonyl (C=O) groups is 2. The van der Waals surface area contributed by atoms with E-state index in [1.807, 2.05) is 29.2 Å². The number of hydrogen-bond donors (Lipinski definition) is 2. The molecular weight excluding hydrogens is 296 g/mol. The number of piperidine rings is 1. The van der Waals surface area contributed by atoms with Gasteiger partial charge in [-0.1, -0.05) is 0 Å². The summed E-state index contributed by atoms with van der Waals surface area (Å²) in [5.74, 6) is 0.757. The van der Waals surface area contributed by atoms with E-state index >= 15 is 0 Å². The molecule has 2 saturated heterocycles. The zero-order chi connectivity index (χ0) is 16.2. The first-order valence-corrected chi connectivity index (χ1v) is 7.92. The Labute approximate surface area is 135 Å². The molecule has 124 valence electrons. The van der Waals surface area contributed by atoms with Crippen molar-refractivity contribution < 1.29 is 14.3 Å². The van der Waals surface area contributed by atoms with Crippen molar-refractivity contribution in [3.63, 3.8) is 0 Å². The van der Waals surface area contributed by atoms with Crippen LogP contribution >= 0.6 is 0 Å².